The Morgan fingerprint density at radius 1 is 0.697 bits per heavy atom. The zero-order valence-electron chi connectivity index (χ0n) is 19.2. The first-order valence-corrected chi connectivity index (χ1v) is 12.0. The second kappa shape index (κ2) is 6.89. The third-order valence-electron chi connectivity index (χ3n) is 7.65. The van der Waals surface area contributed by atoms with Gasteiger partial charge in [-0.05, 0) is 86.8 Å². The Labute approximate surface area is 194 Å². The van der Waals surface area contributed by atoms with Crippen LogP contribution in [-0.4, -0.2) is 0 Å². The van der Waals surface area contributed by atoms with Gasteiger partial charge in [-0.15, -0.1) is 0 Å². The molecule has 1 nitrogen and oxygen atoms in total. The van der Waals surface area contributed by atoms with Gasteiger partial charge >= 0.3 is 0 Å². The Kier molecular flexibility index (Phi) is 3.93. The number of fused-ring (bicyclic) bond motifs is 3. The number of rotatable bonds is 1. The van der Waals surface area contributed by atoms with E-state index in [-0.39, 0.29) is 0 Å². The molecular formula is C32H26N+. The normalized spacial score (nSPS) is 13.4. The molecule has 0 aliphatic heterocycles. The highest BCUT2D eigenvalue weighted by atomic mass is 14.9. The quantitative estimate of drug-likeness (QED) is 0.190. The molecule has 1 aliphatic carbocycles. The van der Waals surface area contributed by atoms with Crippen LogP contribution in [0.15, 0.2) is 85.1 Å². The molecule has 1 aliphatic rings. The lowest BCUT2D eigenvalue weighted by Gasteiger charge is -2.17. The molecule has 0 radical (unpaired) electrons. The van der Waals surface area contributed by atoms with Crippen LogP contribution in [0, 0.1) is 6.92 Å². The molecule has 0 unspecified atom stereocenters. The zero-order valence-corrected chi connectivity index (χ0v) is 19.2. The highest BCUT2D eigenvalue weighted by Crippen LogP contribution is 2.41. The van der Waals surface area contributed by atoms with Crippen LogP contribution in [-0.2, 0) is 19.9 Å². The summed E-state index contributed by atoms with van der Waals surface area (Å²) >= 11 is 0. The van der Waals surface area contributed by atoms with Gasteiger partial charge in [-0.25, -0.2) is 4.57 Å². The van der Waals surface area contributed by atoms with Crippen LogP contribution in [0.1, 0.15) is 23.1 Å². The lowest BCUT2D eigenvalue weighted by atomic mass is 9.87. The summed E-state index contributed by atoms with van der Waals surface area (Å²) in [6.45, 7) is 2.29. The summed E-state index contributed by atoms with van der Waals surface area (Å²) in [5.74, 6) is 0. The SMILES string of the molecule is Cc1cc(-c2ccc3ccc4cccc5ccc2c3c45)cc2c1-c1c(ccc[n+]1C)CCC2. The second-order valence-corrected chi connectivity index (χ2v) is 9.64. The lowest BCUT2D eigenvalue weighted by molar-refractivity contribution is -0.660. The van der Waals surface area contributed by atoms with E-state index >= 15 is 0 Å². The van der Waals surface area contributed by atoms with Gasteiger partial charge in [0.1, 0.15) is 7.05 Å². The van der Waals surface area contributed by atoms with Gasteiger partial charge in [0, 0.05) is 11.6 Å². The van der Waals surface area contributed by atoms with Crippen LogP contribution in [0.4, 0.5) is 0 Å². The van der Waals surface area contributed by atoms with Gasteiger partial charge in [-0.3, -0.25) is 0 Å². The van der Waals surface area contributed by atoms with Crippen LogP contribution >= 0.6 is 0 Å². The molecule has 0 N–H and O–H groups in total. The van der Waals surface area contributed by atoms with Crippen molar-refractivity contribution in [1.29, 1.82) is 0 Å². The molecule has 6 aromatic rings. The van der Waals surface area contributed by atoms with Crippen molar-refractivity contribution in [2.45, 2.75) is 26.2 Å². The molecule has 0 spiro atoms. The first kappa shape index (κ1) is 18.8. The van der Waals surface area contributed by atoms with Crippen molar-refractivity contribution < 1.29 is 4.57 Å². The summed E-state index contributed by atoms with van der Waals surface area (Å²) in [4.78, 5) is 0. The molecule has 0 saturated heterocycles. The largest absolute Gasteiger partial charge is 0.216 e. The lowest BCUT2D eigenvalue weighted by Crippen LogP contribution is -2.31. The van der Waals surface area contributed by atoms with E-state index in [4.69, 9.17) is 0 Å². The van der Waals surface area contributed by atoms with Gasteiger partial charge in [0.15, 0.2) is 6.20 Å². The van der Waals surface area contributed by atoms with Crippen molar-refractivity contribution in [2.24, 2.45) is 7.05 Å². The first-order chi connectivity index (χ1) is 16.2. The number of aromatic nitrogens is 1. The molecule has 7 rings (SSSR count). The first-order valence-electron chi connectivity index (χ1n) is 12.0. The van der Waals surface area contributed by atoms with Crippen molar-refractivity contribution in [2.75, 3.05) is 0 Å². The third-order valence-corrected chi connectivity index (χ3v) is 7.65. The van der Waals surface area contributed by atoms with Crippen LogP contribution in [0.5, 0.6) is 0 Å². The minimum Gasteiger partial charge on any atom is -0.201 e. The standard InChI is InChI=1S/C32H26N/c1-20-18-26(19-25-9-4-8-24-10-5-17-33(2)32(24)29(20)25)27-15-13-23-12-11-21-6-3-7-22-14-16-28(27)31(23)30(21)22/h3,5-7,10-19H,4,8-9H2,1-2H3/q+1. The molecule has 0 bridgehead atoms. The Morgan fingerprint density at radius 2 is 1.42 bits per heavy atom. The van der Waals surface area contributed by atoms with E-state index in [0.717, 1.165) is 12.8 Å². The van der Waals surface area contributed by atoms with Crippen LogP contribution in [0.2, 0.25) is 0 Å². The highest BCUT2D eigenvalue weighted by molar-refractivity contribution is 6.25. The average molecular weight is 425 g/mol. The molecule has 5 aromatic carbocycles. The number of nitrogens with zero attached hydrogens (tertiary/aromatic N) is 1. The third kappa shape index (κ3) is 2.69. The maximum Gasteiger partial charge on any atom is 0.216 e. The number of aryl methyl sites for hydroxylation is 4. The number of hydrogen-bond donors (Lipinski definition) is 0. The summed E-state index contributed by atoms with van der Waals surface area (Å²) in [5.41, 5.74) is 9.84. The molecule has 1 aromatic heterocycles. The van der Waals surface area contributed by atoms with E-state index in [1.54, 1.807) is 0 Å². The fourth-order valence-corrected chi connectivity index (χ4v) is 6.21. The van der Waals surface area contributed by atoms with Crippen molar-refractivity contribution >= 4 is 32.3 Å². The number of pyridine rings is 1. The molecule has 33 heavy (non-hydrogen) atoms. The predicted molar refractivity (Wildman–Crippen MR) is 139 cm³/mol. The zero-order chi connectivity index (χ0) is 22.1. The van der Waals surface area contributed by atoms with E-state index < -0.39 is 0 Å². The van der Waals surface area contributed by atoms with Crippen LogP contribution in [0.25, 0.3) is 54.7 Å². The Morgan fingerprint density at radius 3 is 2.27 bits per heavy atom. The van der Waals surface area contributed by atoms with E-state index in [9.17, 15) is 0 Å². The van der Waals surface area contributed by atoms with Crippen molar-refractivity contribution in [1.82, 2.24) is 0 Å². The van der Waals surface area contributed by atoms with Crippen LogP contribution < -0.4 is 4.57 Å². The Hall–Kier alpha value is -3.71. The van der Waals surface area contributed by atoms with E-state index in [1.807, 2.05) is 0 Å². The maximum absolute atomic E-state index is 2.47. The van der Waals surface area contributed by atoms with Gasteiger partial charge in [0.05, 0.1) is 5.56 Å². The van der Waals surface area contributed by atoms with E-state index in [0.29, 0.717) is 0 Å². The Balaban J connectivity index is 1.52. The minimum atomic E-state index is 1.13. The molecule has 0 fully saturated rings. The minimum absolute atomic E-state index is 1.13. The topological polar surface area (TPSA) is 3.88 Å². The molecule has 0 amide bonds. The monoisotopic (exact) mass is 424 g/mol. The highest BCUT2D eigenvalue weighted by Gasteiger charge is 2.25. The summed E-state index contributed by atoms with van der Waals surface area (Å²) in [7, 11) is 2.18. The predicted octanol–water partition coefficient (Wildman–Crippen LogP) is 7.54. The number of hydrogen-bond acceptors (Lipinski definition) is 0. The summed E-state index contributed by atoms with van der Waals surface area (Å²) in [5, 5.41) is 8.12. The molecule has 0 atom stereocenters. The summed E-state index contributed by atoms with van der Waals surface area (Å²) in [6.07, 6.45) is 5.66. The van der Waals surface area contributed by atoms with Gasteiger partial charge in [0.25, 0.3) is 0 Å². The van der Waals surface area contributed by atoms with Gasteiger partial charge in [-0.2, -0.15) is 0 Å². The van der Waals surface area contributed by atoms with Crippen LogP contribution in [0.3, 0.4) is 0 Å². The van der Waals surface area contributed by atoms with Gasteiger partial charge in [-0.1, -0.05) is 66.7 Å². The summed E-state index contributed by atoms with van der Waals surface area (Å²) in [6, 6.07) is 29.8. The van der Waals surface area contributed by atoms with Crippen molar-refractivity contribution in [3.8, 4) is 22.4 Å². The molecule has 1 heteroatoms. The van der Waals surface area contributed by atoms with Crippen molar-refractivity contribution in [3.63, 3.8) is 0 Å². The fraction of sp³-hybridized carbons (Fsp3) is 0.156. The van der Waals surface area contributed by atoms with Crippen molar-refractivity contribution in [3.05, 3.63) is 102 Å². The fourth-order valence-electron chi connectivity index (χ4n) is 6.21. The van der Waals surface area contributed by atoms with E-state index in [1.165, 1.54) is 77.8 Å². The smallest absolute Gasteiger partial charge is 0.201 e. The molecule has 158 valence electrons. The van der Waals surface area contributed by atoms with Gasteiger partial charge < -0.3 is 0 Å². The molecule has 0 saturated carbocycles. The van der Waals surface area contributed by atoms with Gasteiger partial charge in [0.2, 0.25) is 5.69 Å². The molecule has 1 heterocycles. The Bertz CT molecular complexity index is 1690. The summed E-state index contributed by atoms with van der Waals surface area (Å²) < 4.78 is 2.31. The maximum atomic E-state index is 2.47. The van der Waals surface area contributed by atoms with E-state index in [2.05, 4.69) is 104 Å². The average Bonchev–Trinajstić information content (AvgIpc) is 3.03. The molecular weight excluding hydrogens is 398 g/mol. The second-order valence-electron chi connectivity index (χ2n) is 9.64. The number of benzene rings is 5.